The average molecular weight is 1240 g/mol. The molecule has 0 spiro atoms. The maximum absolute atomic E-state index is 7.21. The molecule has 17 rings (SSSR count). The Morgan fingerprint density at radius 2 is 0.885 bits per heavy atom. The number of anilines is 4. The largest absolute Gasteiger partial charge is 0.457 e. The number of hydrogen-bond acceptors (Lipinski definition) is 4. The number of nitrogens with zero attached hydrogens (tertiary/aromatic N) is 5. The van der Waals surface area contributed by atoms with Crippen LogP contribution in [0.4, 0.5) is 22.7 Å². The molecule has 2 aliphatic heterocycles. The molecule has 0 saturated carbocycles. The lowest BCUT2D eigenvalue weighted by atomic mass is 9.81. The van der Waals surface area contributed by atoms with Crippen LogP contribution in [-0.4, -0.2) is 20.8 Å². The third-order valence-electron chi connectivity index (χ3n) is 20.0. The summed E-state index contributed by atoms with van der Waals surface area (Å²) in [5.74, 6) is 2.33. The van der Waals surface area contributed by atoms with Crippen molar-refractivity contribution in [3.63, 3.8) is 0 Å². The first-order chi connectivity index (χ1) is 46.5. The first kappa shape index (κ1) is 58.6. The second-order valence-electron chi connectivity index (χ2n) is 29.2. The van der Waals surface area contributed by atoms with Crippen LogP contribution in [0, 0.1) is 0 Å². The summed E-state index contributed by atoms with van der Waals surface area (Å²) in [6, 6.07) is 101. The molecule has 0 bridgehead atoms. The van der Waals surface area contributed by atoms with E-state index in [0.717, 1.165) is 62.2 Å². The third-order valence-corrected chi connectivity index (χ3v) is 20.0. The summed E-state index contributed by atoms with van der Waals surface area (Å²) in [5.41, 5.74) is 27.8. The topological polar surface area (TPSA) is 38.5 Å². The van der Waals surface area contributed by atoms with Gasteiger partial charge in [0.2, 0.25) is 0 Å². The molecule has 5 heterocycles. The molecular weight excluding hydrogens is 1170 g/mol. The van der Waals surface area contributed by atoms with Crippen LogP contribution < -0.4 is 14.5 Å². The molecule has 0 radical (unpaired) electrons. The zero-order chi connectivity index (χ0) is 65.4. The van der Waals surface area contributed by atoms with Crippen molar-refractivity contribution in [2.45, 2.75) is 78.6 Å². The van der Waals surface area contributed by atoms with Gasteiger partial charge >= 0.3 is 0 Å². The maximum atomic E-state index is 7.21. The highest BCUT2D eigenvalue weighted by atomic mass is 16.5. The van der Waals surface area contributed by atoms with E-state index in [1.165, 1.54) is 111 Å². The SMILES string of the molecule is CC(C)(C)c1cc(-c2ccccc2)cc(-c2cccc(-c3cc(-c4ccccc4)cc(C(C)(C)C)c3)c2N2CN(c3cccc(Oc4ccc5c6c7c(ccc6n(-c6cc(C(C)(C)C)ccn6)c5c4)-n4c5ccccc5c5cccc(c54)-c4ccccc4-7)c3)c3ccccc32)c1. The van der Waals surface area contributed by atoms with Crippen LogP contribution in [0.15, 0.2) is 279 Å². The number of pyridine rings is 1. The molecule has 0 aliphatic carbocycles. The highest BCUT2D eigenvalue weighted by Crippen LogP contribution is 2.54. The summed E-state index contributed by atoms with van der Waals surface area (Å²) in [4.78, 5) is 10.2. The predicted molar refractivity (Wildman–Crippen MR) is 404 cm³/mol. The molecule has 0 unspecified atom stereocenters. The zero-order valence-corrected chi connectivity index (χ0v) is 55.9. The molecule has 15 aromatic rings. The minimum absolute atomic E-state index is 0.105. The van der Waals surface area contributed by atoms with E-state index >= 15 is 0 Å². The molecule has 0 atom stereocenters. The van der Waals surface area contributed by atoms with Crippen molar-refractivity contribution in [3.8, 4) is 89.8 Å². The molecule has 0 N–H and O–H groups in total. The van der Waals surface area contributed by atoms with E-state index < -0.39 is 0 Å². The second-order valence-corrected chi connectivity index (χ2v) is 29.2. The van der Waals surface area contributed by atoms with E-state index in [2.05, 4.69) is 354 Å². The Hall–Kier alpha value is -11.2. The Balaban J connectivity index is 0.814. The first-order valence-electron chi connectivity index (χ1n) is 33.7. The number of fused-ring (bicyclic) bond motifs is 13. The normalized spacial score (nSPS) is 13.0. The van der Waals surface area contributed by atoms with E-state index in [-0.39, 0.29) is 16.2 Å². The molecule has 6 heteroatoms. The van der Waals surface area contributed by atoms with Gasteiger partial charge in [0, 0.05) is 67.8 Å². The van der Waals surface area contributed by atoms with Crippen molar-refractivity contribution in [1.29, 1.82) is 0 Å². The molecule has 12 aromatic carbocycles. The van der Waals surface area contributed by atoms with Gasteiger partial charge in [-0.3, -0.25) is 4.57 Å². The van der Waals surface area contributed by atoms with Gasteiger partial charge in [0.1, 0.15) is 24.0 Å². The minimum Gasteiger partial charge on any atom is -0.457 e. The van der Waals surface area contributed by atoms with Crippen molar-refractivity contribution < 1.29 is 4.74 Å². The van der Waals surface area contributed by atoms with E-state index in [9.17, 15) is 0 Å². The summed E-state index contributed by atoms with van der Waals surface area (Å²) in [7, 11) is 0. The fraction of sp³-hybridized carbons (Fsp3) is 0.144. The van der Waals surface area contributed by atoms with Crippen molar-refractivity contribution >= 4 is 66.4 Å². The molecule has 0 fully saturated rings. The predicted octanol–water partition coefficient (Wildman–Crippen LogP) is 24.5. The molecule has 6 nitrogen and oxygen atoms in total. The molecule has 2 aliphatic rings. The van der Waals surface area contributed by atoms with Crippen LogP contribution in [0.25, 0.3) is 122 Å². The zero-order valence-electron chi connectivity index (χ0n) is 55.9. The Morgan fingerprint density at radius 3 is 1.56 bits per heavy atom. The van der Waals surface area contributed by atoms with Gasteiger partial charge in [0.25, 0.3) is 0 Å². The molecule has 3 aromatic heterocycles. The number of rotatable bonds is 9. The molecule has 96 heavy (non-hydrogen) atoms. The molecule has 0 saturated heterocycles. The highest BCUT2D eigenvalue weighted by Gasteiger charge is 2.34. The van der Waals surface area contributed by atoms with Crippen LogP contribution in [0.2, 0.25) is 0 Å². The summed E-state index contributed by atoms with van der Waals surface area (Å²) in [6.07, 6.45) is 1.97. The van der Waals surface area contributed by atoms with Gasteiger partial charge in [-0.1, -0.05) is 244 Å². The smallest absolute Gasteiger partial charge is 0.137 e. The summed E-state index contributed by atoms with van der Waals surface area (Å²) in [5, 5.41) is 4.78. The quantitative estimate of drug-likeness (QED) is 0.144. The van der Waals surface area contributed by atoms with Crippen LogP contribution in [0.5, 0.6) is 11.5 Å². The second kappa shape index (κ2) is 22.2. The van der Waals surface area contributed by atoms with Gasteiger partial charge in [0.05, 0.1) is 44.8 Å². The van der Waals surface area contributed by atoms with Crippen molar-refractivity contribution in [3.05, 3.63) is 296 Å². The third kappa shape index (κ3) is 9.79. The van der Waals surface area contributed by atoms with Crippen LogP contribution in [-0.2, 0) is 16.2 Å². The van der Waals surface area contributed by atoms with Gasteiger partial charge in [-0.2, -0.15) is 0 Å². The van der Waals surface area contributed by atoms with Crippen LogP contribution in [0.3, 0.4) is 0 Å². The average Bonchev–Trinajstić information content (AvgIpc) is 1.53. The Bertz CT molecular complexity index is 5490. The maximum Gasteiger partial charge on any atom is 0.137 e. The Morgan fingerprint density at radius 1 is 0.333 bits per heavy atom. The summed E-state index contributed by atoms with van der Waals surface area (Å²) in [6.45, 7) is 21.3. The van der Waals surface area contributed by atoms with Crippen LogP contribution in [0.1, 0.15) is 79.0 Å². The van der Waals surface area contributed by atoms with Gasteiger partial charge in [-0.25, -0.2) is 4.98 Å². The number of benzene rings is 12. The molecular formula is C90H75N5O. The van der Waals surface area contributed by atoms with Gasteiger partial charge in [-0.15, -0.1) is 0 Å². The van der Waals surface area contributed by atoms with Crippen molar-refractivity contribution in [1.82, 2.24) is 14.1 Å². The lowest BCUT2D eigenvalue weighted by molar-refractivity contribution is 0.483. The summed E-state index contributed by atoms with van der Waals surface area (Å²) >= 11 is 0. The van der Waals surface area contributed by atoms with E-state index in [1.54, 1.807) is 0 Å². The first-order valence-corrected chi connectivity index (χ1v) is 33.7. The van der Waals surface area contributed by atoms with Gasteiger partial charge < -0.3 is 19.1 Å². The van der Waals surface area contributed by atoms with Gasteiger partial charge in [0.15, 0.2) is 0 Å². The van der Waals surface area contributed by atoms with Crippen molar-refractivity contribution in [2.24, 2.45) is 0 Å². The Kier molecular flexibility index (Phi) is 13.6. The standard InChI is InChI=1S/C90H75N5O/c1-88(2,3)63-45-46-91-83(53-63)94-80-43-44-81-84(73-33-17-16-31-71(73)74-36-24-37-75-72-32-18-19-38-77(72)95(81)87(74)75)85(80)76-42-41-68(55-82(76)94)96-67-30-22-29-66(54-67)92-56-93(79-40-21-20-39-78(79)92)86-69(61-47-59(57-25-12-10-13-26-57)49-64(51-61)89(4,5)6)34-23-35-70(86)62-48-60(58-27-14-11-15-28-58)50-65(52-62)90(7,8)9/h10-55H,56H2,1-9H3. The fourth-order valence-corrected chi connectivity index (χ4v) is 15.1. The lowest BCUT2D eigenvalue weighted by Crippen LogP contribution is -2.25. The van der Waals surface area contributed by atoms with Gasteiger partial charge in [-0.05, 0) is 156 Å². The van der Waals surface area contributed by atoms with E-state index in [4.69, 9.17) is 9.72 Å². The lowest BCUT2D eigenvalue weighted by Gasteiger charge is -2.29. The highest BCUT2D eigenvalue weighted by molar-refractivity contribution is 6.23. The summed E-state index contributed by atoms with van der Waals surface area (Å²) < 4.78 is 12.1. The van der Waals surface area contributed by atoms with E-state index in [0.29, 0.717) is 6.67 Å². The van der Waals surface area contributed by atoms with Crippen molar-refractivity contribution in [2.75, 3.05) is 16.5 Å². The molecule has 0 amide bonds. The molecule has 466 valence electrons. The monoisotopic (exact) mass is 1240 g/mol. The van der Waals surface area contributed by atoms with Crippen LogP contribution >= 0.6 is 0 Å². The number of ether oxygens (including phenoxy) is 1. The van der Waals surface area contributed by atoms with E-state index in [1.807, 2.05) is 6.20 Å². The number of para-hydroxylation sites is 5. The number of hydrogen-bond donors (Lipinski definition) is 0. The Labute approximate surface area is 562 Å². The fourth-order valence-electron chi connectivity index (χ4n) is 15.1. The number of aromatic nitrogens is 3. The minimum atomic E-state index is -0.112.